The summed E-state index contributed by atoms with van der Waals surface area (Å²) in [5, 5.41) is 5.73. The molecule has 1 aromatic carbocycles. The van der Waals surface area contributed by atoms with E-state index in [9.17, 15) is 0 Å². The smallest absolute Gasteiger partial charge is 0.157 e. The van der Waals surface area contributed by atoms with Crippen LogP contribution in [-0.2, 0) is 6.54 Å². The zero-order chi connectivity index (χ0) is 14.0. The van der Waals surface area contributed by atoms with Crippen LogP contribution >= 0.6 is 11.8 Å². The number of aliphatic imine (C=N–C) groups is 1. The molecule has 0 amide bonds. The summed E-state index contributed by atoms with van der Waals surface area (Å²) in [4.78, 5) is 9.20. The van der Waals surface area contributed by atoms with Gasteiger partial charge in [-0.15, -0.1) is 0 Å². The molecule has 1 aliphatic heterocycles. The van der Waals surface area contributed by atoms with Crippen LogP contribution in [0.1, 0.15) is 25.8 Å². The van der Waals surface area contributed by atoms with Crippen LogP contribution in [0.3, 0.4) is 0 Å². The zero-order valence-corrected chi connectivity index (χ0v) is 12.7. The summed E-state index contributed by atoms with van der Waals surface area (Å²) in [6.45, 7) is 5.13. The molecule has 0 bridgehead atoms. The second kappa shape index (κ2) is 5.44. The second-order valence-electron chi connectivity index (χ2n) is 5.72. The van der Waals surface area contributed by atoms with Crippen molar-refractivity contribution >= 4 is 27.8 Å². The molecule has 104 valence electrons. The zero-order valence-electron chi connectivity index (χ0n) is 11.9. The van der Waals surface area contributed by atoms with Crippen LogP contribution in [0.25, 0.3) is 10.9 Å². The van der Waals surface area contributed by atoms with Crippen LogP contribution < -0.4 is 5.32 Å². The molecule has 1 fully saturated rings. The van der Waals surface area contributed by atoms with Crippen LogP contribution in [0, 0.1) is 0 Å². The molecule has 2 heterocycles. The molecule has 2 aromatic rings. The summed E-state index contributed by atoms with van der Waals surface area (Å²) < 4.78 is 0. The van der Waals surface area contributed by atoms with Gasteiger partial charge in [0, 0.05) is 22.9 Å². The van der Waals surface area contributed by atoms with Crippen LogP contribution in [0.2, 0.25) is 0 Å². The third-order valence-electron chi connectivity index (χ3n) is 3.52. The molecule has 1 saturated heterocycles. The monoisotopic (exact) mass is 285 g/mol. The summed E-state index contributed by atoms with van der Waals surface area (Å²) in [6, 6.07) is 10.3. The number of pyridine rings is 1. The summed E-state index contributed by atoms with van der Waals surface area (Å²) in [5.74, 6) is 1.13. The van der Waals surface area contributed by atoms with Crippen molar-refractivity contribution in [1.29, 1.82) is 0 Å². The Labute approximate surface area is 123 Å². The van der Waals surface area contributed by atoms with Crippen molar-refractivity contribution in [2.75, 3.05) is 5.75 Å². The van der Waals surface area contributed by atoms with Crippen molar-refractivity contribution in [1.82, 2.24) is 10.3 Å². The Morgan fingerprint density at radius 1 is 1.30 bits per heavy atom. The van der Waals surface area contributed by atoms with Gasteiger partial charge in [0.1, 0.15) is 0 Å². The van der Waals surface area contributed by atoms with Crippen LogP contribution in [0.15, 0.2) is 41.5 Å². The highest BCUT2D eigenvalue weighted by Gasteiger charge is 2.23. The third kappa shape index (κ3) is 2.96. The Balaban J connectivity index is 1.83. The molecule has 0 saturated carbocycles. The number of nitrogens with zero attached hydrogens (tertiary/aromatic N) is 2. The largest absolute Gasteiger partial charge is 0.360 e. The standard InChI is InChI=1S/C16H19N3S/c1-16(2)8-10-20-15(19-16)18-11-13-6-3-5-12-7-4-9-17-14(12)13/h3-7,9H,8,10-11H2,1-2H3,(H,18,19). The first kappa shape index (κ1) is 13.4. The van der Waals surface area contributed by atoms with E-state index in [1.165, 1.54) is 17.4 Å². The molecule has 0 aliphatic carbocycles. The van der Waals surface area contributed by atoms with Gasteiger partial charge in [-0.1, -0.05) is 36.0 Å². The fourth-order valence-corrected chi connectivity index (χ4v) is 3.64. The highest BCUT2D eigenvalue weighted by atomic mass is 32.2. The van der Waals surface area contributed by atoms with E-state index >= 15 is 0 Å². The lowest BCUT2D eigenvalue weighted by Gasteiger charge is -2.32. The van der Waals surface area contributed by atoms with Crippen molar-refractivity contribution < 1.29 is 0 Å². The number of hydrogen-bond donors (Lipinski definition) is 1. The summed E-state index contributed by atoms with van der Waals surface area (Å²) in [6.07, 6.45) is 3.02. The molecule has 1 aromatic heterocycles. The minimum atomic E-state index is 0.154. The molecular weight excluding hydrogens is 266 g/mol. The van der Waals surface area contributed by atoms with Crippen molar-refractivity contribution in [3.8, 4) is 0 Å². The molecule has 0 unspecified atom stereocenters. The summed E-state index contributed by atoms with van der Waals surface area (Å²) in [5.41, 5.74) is 2.39. The van der Waals surface area contributed by atoms with E-state index in [1.807, 2.05) is 24.0 Å². The SMILES string of the molecule is CC1(C)CCSC(=NCc2cccc3cccnc23)N1. The molecule has 0 spiro atoms. The number of amidine groups is 1. The minimum absolute atomic E-state index is 0.154. The highest BCUT2D eigenvalue weighted by molar-refractivity contribution is 8.13. The number of thioether (sulfide) groups is 1. The molecular formula is C16H19N3S. The Hall–Kier alpha value is -1.55. The fourth-order valence-electron chi connectivity index (χ4n) is 2.33. The lowest BCUT2D eigenvalue weighted by Crippen LogP contribution is -2.46. The number of nitrogens with one attached hydrogen (secondary N) is 1. The van der Waals surface area contributed by atoms with Crippen molar-refractivity contribution in [2.45, 2.75) is 32.4 Å². The number of rotatable bonds is 2. The third-order valence-corrected chi connectivity index (χ3v) is 4.43. The Morgan fingerprint density at radius 2 is 2.15 bits per heavy atom. The molecule has 0 radical (unpaired) electrons. The van der Waals surface area contributed by atoms with Gasteiger partial charge < -0.3 is 5.32 Å². The molecule has 4 heteroatoms. The number of fused-ring (bicyclic) bond motifs is 1. The first-order valence-electron chi connectivity index (χ1n) is 6.92. The van der Waals surface area contributed by atoms with E-state index in [0.29, 0.717) is 6.54 Å². The van der Waals surface area contributed by atoms with E-state index in [0.717, 1.165) is 16.4 Å². The van der Waals surface area contributed by atoms with Crippen LogP contribution in [-0.4, -0.2) is 21.4 Å². The molecule has 1 N–H and O–H groups in total. The van der Waals surface area contributed by atoms with Crippen molar-refractivity contribution in [2.24, 2.45) is 4.99 Å². The van der Waals surface area contributed by atoms with Gasteiger partial charge in [0.15, 0.2) is 5.17 Å². The number of para-hydroxylation sites is 1. The number of hydrogen-bond acceptors (Lipinski definition) is 3. The lowest BCUT2D eigenvalue weighted by molar-refractivity contribution is 0.446. The predicted molar refractivity (Wildman–Crippen MR) is 87.2 cm³/mol. The second-order valence-corrected chi connectivity index (χ2v) is 6.80. The van der Waals surface area contributed by atoms with E-state index in [1.54, 1.807) is 0 Å². The van der Waals surface area contributed by atoms with Gasteiger partial charge in [0.25, 0.3) is 0 Å². The van der Waals surface area contributed by atoms with E-state index < -0.39 is 0 Å². The maximum absolute atomic E-state index is 4.73. The Bertz CT molecular complexity index is 644. The van der Waals surface area contributed by atoms with Crippen molar-refractivity contribution in [3.63, 3.8) is 0 Å². The molecule has 3 rings (SSSR count). The topological polar surface area (TPSA) is 37.3 Å². The first-order chi connectivity index (χ1) is 9.64. The summed E-state index contributed by atoms with van der Waals surface area (Å²) in [7, 11) is 0. The van der Waals surface area contributed by atoms with Gasteiger partial charge in [-0.3, -0.25) is 9.98 Å². The Kier molecular flexibility index (Phi) is 3.66. The van der Waals surface area contributed by atoms with Gasteiger partial charge in [-0.25, -0.2) is 0 Å². The lowest BCUT2D eigenvalue weighted by atomic mass is 10.0. The molecule has 3 nitrogen and oxygen atoms in total. The number of benzene rings is 1. The van der Waals surface area contributed by atoms with Crippen LogP contribution in [0.4, 0.5) is 0 Å². The van der Waals surface area contributed by atoms with Gasteiger partial charge >= 0.3 is 0 Å². The van der Waals surface area contributed by atoms with E-state index in [-0.39, 0.29) is 5.54 Å². The summed E-state index contributed by atoms with van der Waals surface area (Å²) >= 11 is 1.81. The molecule has 1 aliphatic rings. The maximum Gasteiger partial charge on any atom is 0.157 e. The normalized spacial score (nSPS) is 20.0. The van der Waals surface area contributed by atoms with Gasteiger partial charge in [-0.2, -0.15) is 0 Å². The van der Waals surface area contributed by atoms with E-state index in [2.05, 4.69) is 48.4 Å². The Morgan fingerprint density at radius 3 is 3.00 bits per heavy atom. The number of aromatic nitrogens is 1. The predicted octanol–water partition coefficient (Wildman–Crippen LogP) is 3.60. The van der Waals surface area contributed by atoms with E-state index in [4.69, 9.17) is 4.99 Å². The molecule has 0 atom stereocenters. The average Bonchev–Trinajstić information content (AvgIpc) is 2.44. The van der Waals surface area contributed by atoms with Crippen molar-refractivity contribution in [3.05, 3.63) is 42.1 Å². The average molecular weight is 285 g/mol. The molecule has 20 heavy (non-hydrogen) atoms. The van der Waals surface area contributed by atoms with Crippen LogP contribution in [0.5, 0.6) is 0 Å². The van der Waals surface area contributed by atoms with Gasteiger partial charge in [0.2, 0.25) is 0 Å². The fraction of sp³-hybridized carbons (Fsp3) is 0.375. The first-order valence-corrected chi connectivity index (χ1v) is 7.91. The van der Waals surface area contributed by atoms with Gasteiger partial charge in [0.05, 0.1) is 12.1 Å². The van der Waals surface area contributed by atoms with Gasteiger partial charge in [-0.05, 0) is 31.9 Å². The quantitative estimate of drug-likeness (QED) is 0.916. The maximum atomic E-state index is 4.73. The highest BCUT2D eigenvalue weighted by Crippen LogP contribution is 2.23. The minimum Gasteiger partial charge on any atom is -0.360 e.